The van der Waals surface area contributed by atoms with Crippen LogP contribution in [0.15, 0.2) is 42.9 Å². The van der Waals surface area contributed by atoms with Gasteiger partial charge in [0.05, 0.1) is 11.3 Å². The molecule has 0 aliphatic carbocycles. The maximum absolute atomic E-state index is 6.00. The van der Waals surface area contributed by atoms with Crippen molar-refractivity contribution in [2.45, 2.75) is 13.3 Å². The fourth-order valence-corrected chi connectivity index (χ4v) is 2.53. The van der Waals surface area contributed by atoms with E-state index in [0.29, 0.717) is 11.0 Å². The summed E-state index contributed by atoms with van der Waals surface area (Å²) in [6, 6.07) is 7.58. The average Bonchev–Trinajstić information content (AvgIpc) is 3.16. The van der Waals surface area contributed by atoms with Crippen molar-refractivity contribution in [2.75, 3.05) is 25.1 Å². The summed E-state index contributed by atoms with van der Waals surface area (Å²) in [5.41, 5.74) is 2.59. The van der Waals surface area contributed by atoms with Crippen LogP contribution in [0.25, 0.3) is 22.6 Å². The summed E-state index contributed by atoms with van der Waals surface area (Å²) in [6.45, 7) is 4.19. The SMILES string of the molecule is CCOCCCNc1ncc(-c2ncc[nH]2)c(-c2ccc(Cl)cc2)n1. The van der Waals surface area contributed by atoms with Crippen LogP contribution in [0.4, 0.5) is 5.95 Å². The summed E-state index contributed by atoms with van der Waals surface area (Å²) in [7, 11) is 0. The average molecular weight is 358 g/mol. The second kappa shape index (κ2) is 8.60. The Morgan fingerprint density at radius 2 is 2.04 bits per heavy atom. The van der Waals surface area contributed by atoms with Crippen LogP contribution in [-0.2, 0) is 4.74 Å². The van der Waals surface area contributed by atoms with E-state index in [2.05, 4.69) is 25.3 Å². The predicted octanol–water partition coefficient (Wildman–Crippen LogP) is 4.03. The fourth-order valence-electron chi connectivity index (χ4n) is 2.40. The van der Waals surface area contributed by atoms with Crippen LogP contribution < -0.4 is 5.32 Å². The summed E-state index contributed by atoms with van der Waals surface area (Å²) in [5.74, 6) is 1.31. The molecule has 0 bridgehead atoms. The van der Waals surface area contributed by atoms with Crippen molar-refractivity contribution < 1.29 is 4.74 Å². The number of ether oxygens (including phenoxy) is 1. The first-order valence-corrected chi connectivity index (χ1v) is 8.60. The van der Waals surface area contributed by atoms with E-state index in [1.54, 1.807) is 18.6 Å². The molecule has 130 valence electrons. The van der Waals surface area contributed by atoms with Gasteiger partial charge in [-0.05, 0) is 25.5 Å². The van der Waals surface area contributed by atoms with Gasteiger partial charge in [0.1, 0.15) is 5.82 Å². The number of benzene rings is 1. The van der Waals surface area contributed by atoms with Crippen LogP contribution >= 0.6 is 11.6 Å². The van der Waals surface area contributed by atoms with Crippen LogP contribution in [0.5, 0.6) is 0 Å². The molecule has 0 spiro atoms. The molecule has 3 aromatic rings. The number of rotatable bonds is 8. The number of H-pyrrole nitrogens is 1. The molecule has 0 aliphatic rings. The Bertz CT molecular complexity index is 790. The number of nitrogens with one attached hydrogen (secondary N) is 2. The van der Waals surface area contributed by atoms with E-state index < -0.39 is 0 Å². The molecule has 0 unspecified atom stereocenters. The molecule has 2 heterocycles. The molecule has 7 heteroatoms. The highest BCUT2D eigenvalue weighted by atomic mass is 35.5. The molecule has 25 heavy (non-hydrogen) atoms. The van der Waals surface area contributed by atoms with E-state index in [-0.39, 0.29) is 0 Å². The zero-order chi connectivity index (χ0) is 17.5. The van der Waals surface area contributed by atoms with E-state index in [1.807, 2.05) is 31.2 Å². The molecule has 0 saturated heterocycles. The van der Waals surface area contributed by atoms with Crippen LogP contribution in [0.1, 0.15) is 13.3 Å². The maximum Gasteiger partial charge on any atom is 0.223 e. The minimum atomic E-state index is 0.580. The molecule has 1 aromatic carbocycles. The van der Waals surface area contributed by atoms with E-state index in [1.165, 1.54) is 0 Å². The van der Waals surface area contributed by atoms with Gasteiger partial charge in [-0.1, -0.05) is 23.7 Å². The lowest BCUT2D eigenvalue weighted by molar-refractivity contribution is 0.147. The van der Waals surface area contributed by atoms with Gasteiger partial charge in [0.2, 0.25) is 5.95 Å². The maximum atomic E-state index is 6.00. The molecule has 2 N–H and O–H groups in total. The molecule has 0 saturated carbocycles. The van der Waals surface area contributed by atoms with Gasteiger partial charge >= 0.3 is 0 Å². The second-order valence-corrected chi connectivity index (χ2v) is 5.81. The number of hydrogen-bond donors (Lipinski definition) is 2. The van der Waals surface area contributed by atoms with Gasteiger partial charge in [-0.3, -0.25) is 0 Å². The number of anilines is 1. The van der Waals surface area contributed by atoms with Crippen molar-refractivity contribution in [3.63, 3.8) is 0 Å². The minimum Gasteiger partial charge on any atom is -0.382 e. The van der Waals surface area contributed by atoms with Crippen molar-refractivity contribution in [2.24, 2.45) is 0 Å². The predicted molar refractivity (Wildman–Crippen MR) is 99.7 cm³/mol. The summed E-state index contributed by atoms with van der Waals surface area (Å²) < 4.78 is 5.34. The van der Waals surface area contributed by atoms with Gasteiger partial charge < -0.3 is 15.0 Å². The van der Waals surface area contributed by atoms with Gasteiger partial charge in [0, 0.05) is 48.9 Å². The fraction of sp³-hybridized carbons (Fsp3) is 0.278. The van der Waals surface area contributed by atoms with Crippen molar-refractivity contribution in [1.82, 2.24) is 19.9 Å². The molecular weight excluding hydrogens is 338 g/mol. The number of nitrogens with zero attached hydrogens (tertiary/aromatic N) is 3. The number of hydrogen-bond acceptors (Lipinski definition) is 5. The molecule has 0 aliphatic heterocycles. The highest BCUT2D eigenvalue weighted by molar-refractivity contribution is 6.30. The van der Waals surface area contributed by atoms with E-state index in [4.69, 9.17) is 16.3 Å². The van der Waals surface area contributed by atoms with Crippen LogP contribution in [0.2, 0.25) is 5.02 Å². The Morgan fingerprint density at radius 1 is 1.20 bits per heavy atom. The van der Waals surface area contributed by atoms with Crippen molar-refractivity contribution >= 4 is 17.5 Å². The molecule has 2 aromatic heterocycles. The first-order valence-electron chi connectivity index (χ1n) is 8.22. The number of aromatic amines is 1. The zero-order valence-corrected chi connectivity index (χ0v) is 14.8. The van der Waals surface area contributed by atoms with Crippen molar-refractivity contribution in [3.8, 4) is 22.6 Å². The first-order chi connectivity index (χ1) is 12.3. The Labute approximate surface area is 151 Å². The zero-order valence-electron chi connectivity index (χ0n) is 14.0. The lowest BCUT2D eigenvalue weighted by Gasteiger charge is -2.10. The molecule has 6 nitrogen and oxygen atoms in total. The Balaban J connectivity index is 1.86. The molecular formula is C18H20ClN5O. The van der Waals surface area contributed by atoms with E-state index in [9.17, 15) is 0 Å². The number of aromatic nitrogens is 4. The standard InChI is InChI=1S/C18H20ClN5O/c1-2-25-11-3-8-22-18-23-12-15(17-20-9-10-21-17)16(24-18)13-4-6-14(19)7-5-13/h4-7,9-10,12H,2-3,8,11H2,1H3,(H,20,21)(H,22,23,24). The largest absolute Gasteiger partial charge is 0.382 e. The summed E-state index contributed by atoms with van der Waals surface area (Å²) >= 11 is 6.00. The van der Waals surface area contributed by atoms with Gasteiger partial charge in [-0.25, -0.2) is 15.0 Å². The smallest absolute Gasteiger partial charge is 0.223 e. The van der Waals surface area contributed by atoms with Crippen molar-refractivity contribution in [3.05, 3.63) is 47.9 Å². The third-order valence-electron chi connectivity index (χ3n) is 3.61. The summed E-state index contributed by atoms with van der Waals surface area (Å²) in [5, 5.41) is 3.93. The Hall–Kier alpha value is -2.44. The second-order valence-electron chi connectivity index (χ2n) is 5.38. The highest BCUT2D eigenvalue weighted by Crippen LogP contribution is 2.29. The monoisotopic (exact) mass is 357 g/mol. The summed E-state index contributed by atoms with van der Waals surface area (Å²) in [4.78, 5) is 16.5. The highest BCUT2D eigenvalue weighted by Gasteiger charge is 2.13. The van der Waals surface area contributed by atoms with E-state index >= 15 is 0 Å². The van der Waals surface area contributed by atoms with Crippen LogP contribution in [0, 0.1) is 0 Å². The molecule has 0 radical (unpaired) electrons. The molecule has 3 rings (SSSR count). The third-order valence-corrected chi connectivity index (χ3v) is 3.86. The first kappa shape index (κ1) is 17.4. The van der Waals surface area contributed by atoms with E-state index in [0.717, 1.165) is 48.8 Å². The lowest BCUT2D eigenvalue weighted by Crippen LogP contribution is -2.09. The van der Waals surface area contributed by atoms with Crippen LogP contribution in [0.3, 0.4) is 0 Å². The van der Waals surface area contributed by atoms with Gasteiger partial charge in [0.25, 0.3) is 0 Å². The molecule has 0 atom stereocenters. The Morgan fingerprint density at radius 3 is 2.76 bits per heavy atom. The Kier molecular flexibility index (Phi) is 5.98. The topological polar surface area (TPSA) is 75.7 Å². The van der Waals surface area contributed by atoms with Gasteiger partial charge in [0.15, 0.2) is 0 Å². The summed E-state index contributed by atoms with van der Waals surface area (Å²) in [6.07, 6.45) is 6.16. The molecule has 0 fully saturated rings. The van der Waals surface area contributed by atoms with Crippen molar-refractivity contribution in [1.29, 1.82) is 0 Å². The number of imidazole rings is 1. The third kappa shape index (κ3) is 4.55. The molecule has 0 amide bonds. The van der Waals surface area contributed by atoms with Gasteiger partial charge in [-0.2, -0.15) is 0 Å². The number of halogens is 1. The van der Waals surface area contributed by atoms with Gasteiger partial charge in [-0.15, -0.1) is 0 Å². The quantitative estimate of drug-likeness (QED) is 0.595. The lowest BCUT2D eigenvalue weighted by atomic mass is 10.1. The minimum absolute atomic E-state index is 0.580. The van der Waals surface area contributed by atoms with Crippen LogP contribution in [-0.4, -0.2) is 39.7 Å². The normalized spacial score (nSPS) is 10.8.